The van der Waals surface area contributed by atoms with Gasteiger partial charge in [0.2, 0.25) is 5.95 Å². The minimum atomic E-state index is 0.462. The number of para-hydroxylation sites is 1. The molecule has 0 aliphatic heterocycles. The number of benzene rings is 1. The Morgan fingerprint density at radius 2 is 1.65 bits per heavy atom. The molecule has 23 heavy (non-hydrogen) atoms. The van der Waals surface area contributed by atoms with Crippen molar-refractivity contribution < 1.29 is 0 Å². The first-order valence-electron chi connectivity index (χ1n) is 7.14. The van der Waals surface area contributed by atoms with Crippen LogP contribution in [0.4, 0.5) is 23.3 Å². The van der Waals surface area contributed by atoms with Crippen LogP contribution < -0.4 is 21.9 Å². The van der Waals surface area contributed by atoms with Crippen molar-refractivity contribution in [2.75, 3.05) is 16.1 Å². The minimum absolute atomic E-state index is 0.462. The van der Waals surface area contributed by atoms with Crippen LogP contribution in [-0.4, -0.2) is 15.0 Å². The van der Waals surface area contributed by atoms with Crippen molar-refractivity contribution in [2.24, 2.45) is 5.84 Å². The standard InChI is InChI=1S/C16H17N7/c17-23-15-10-14(19-11-12-6-8-18-9-7-12)21-16(22-15)20-13-4-2-1-3-5-13/h1-10H,11,17H2,(H3,19,20,21,22,23). The number of aromatic nitrogens is 3. The maximum Gasteiger partial charge on any atom is 0.231 e. The first-order valence-corrected chi connectivity index (χ1v) is 7.14. The van der Waals surface area contributed by atoms with Gasteiger partial charge in [-0.1, -0.05) is 18.2 Å². The van der Waals surface area contributed by atoms with Gasteiger partial charge < -0.3 is 16.1 Å². The van der Waals surface area contributed by atoms with Gasteiger partial charge >= 0.3 is 0 Å². The molecule has 5 N–H and O–H groups in total. The van der Waals surface area contributed by atoms with Crippen LogP contribution in [0.2, 0.25) is 0 Å². The van der Waals surface area contributed by atoms with E-state index in [1.807, 2.05) is 42.5 Å². The van der Waals surface area contributed by atoms with Gasteiger partial charge in [0.05, 0.1) is 0 Å². The lowest BCUT2D eigenvalue weighted by Crippen LogP contribution is -2.12. The van der Waals surface area contributed by atoms with Crippen molar-refractivity contribution in [3.05, 3.63) is 66.5 Å². The zero-order valence-electron chi connectivity index (χ0n) is 12.4. The summed E-state index contributed by atoms with van der Waals surface area (Å²) >= 11 is 0. The van der Waals surface area contributed by atoms with Crippen LogP contribution in [0.5, 0.6) is 0 Å². The number of nitrogen functional groups attached to an aromatic ring is 1. The molecule has 116 valence electrons. The Morgan fingerprint density at radius 3 is 2.39 bits per heavy atom. The smallest absolute Gasteiger partial charge is 0.231 e. The molecular formula is C16H17N7. The monoisotopic (exact) mass is 307 g/mol. The molecule has 3 aromatic rings. The Kier molecular flexibility index (Phi) is 4.61. The summed E-state index contributed by atoms with van der Waals surface area (Å²) in [5.41, 5.74) is 4.56. The van der Waals surface area contributed by atoms with Crippen LogP contribution in [0.15, 0.2) is 60.9 Å². The quantitative estimate of drug-likeness (QED) is 0.410. The van der Waals surface area contributed by atoms with Crippen LogP contribution in [0.1, 0.15) is 5.56 Å². The second-order valence-electron chi connectivity index (χ2n) is 4.81. The largest absolute Gasteiger partial charge is 0.366 e. The normalized spacial score (nSPS) is 10.1. The molecule has 0 unspecified atom stereocenters. The average Bonchev–Trinajstić information content (AvgIpc) is 2.61. The molecule has 7 heteroatoms. The summed E-state index contributed by atoms with van der Waals surface area (Å²) < 4.78 is 0. The van der Waals surface area contributed by atoms with Crippen molar-refractivity contribution in [3.63, 3.8) is 0 Å². The predicted octanol–water partition coefficient (Wildman–Crippen LogP) is 2.51. The van der Waals surface area contributed by atoms with Gasteiger partial charge in [-0.25, -0.2) is 5.84 Å². The lowest BCUT2D eigenvalue weighted by atomic mass is 10.3. The minimum Gasteiger partial charge on any atom is -0.366 e. The van der Waals surface area contributed by atoms with Gasteiger partial charge in [-0.05, 0) is 29.8 Å². The van der Waals surface area contributed by atoms with E-state index in [9.17, 15) is 0 Å². The number of hydrogen-bond donors (Lipinski definition) is 4. The molecule has 0 fully saturated rings. The highest BCUT2D eigenvalue weighted by Crippen LogP contribution is 2.18. The summed E-state index contributed by atoms with van der Waals surface area (Å²) in [6, 6.07) is 15.3. The molecule has 2 aromatic heterocycles. The Bertz CT molecular complexity index is 747. The number of pyridine rings is 1. The van der Waals surface area contributed by atoms with Crippen molar-refractivity contribution >= 4 is 23.3 Å². The highest BCUT2D eigenvalue weighted by atomic mass is 15.3. The molecule has 0 aliphatic carbocycles. The Hall–Kier alpha value is -3.19. The van der Waals surface area contributed by atoms with Crippen LogP contribution >= 0.6 is 0 Å². The van der Waals surface area contributed by atoms with Gasteiger partial charge in [0.25, 0.3) is 0 Å². The Balaban J connectivity index is 1.76. The highest BCUT2D eigenvalue weighted by molar-refractivity contribution is 5.58. The van der Waals surface area contributed by atoms with Gasteiger partial charge in [0.1, 0.15) is 11.6 Å². The zero-order valence-corrected chi connectivity index (χ0v) is 12.4. The molecule has 0 aliphatic rings. The van der Waals surface area contributed by atoms with E-state index in [0.717, 1.165) is 11.3 Å². The molecule has 2 heterocycles. The fourth-order valence-corrected chi connectivity index (χ4v) is 2.01. The van der Waals surface area contributed by atoms with E-state index in [4.69, 9.17) is 5.84 Å². The van der Waals surface area contributed by atoms with Crippen LogP contribution in [0.25, 0.3) is 0 Å². The summed E-state index contributed by atoms with van der Waals surface area (Å²) in [7, 11) is 0. The van der Waals surface area contributed by atoms with Gasteiger partial charge in [-0.2, -0.15) is 9.97 Å². The fourth-order valence-electron chi connectivity index (χ4n) is 2.01. The number of anilines is 4. The number of nitrogens with zero attached hydrogens (tertiary/aromatic N) is 3. The molecule has 0 atom stereocenters. The van der Waals surface area contributed by atoms with E-state index in [0.29, 0.717) is 24.1 Å². The van der Waals surface area contributed by atoms with E-state index < -0.39 is 0 Å². The van der Waals surface area contributed by atoms with E-state index in [1.54, 1.807) is 18.5 Å². The van der Waals surface area contributed by atoms with Crippen molar-refractivity contribution in [1.29, 1.82) is 0 Å². The molecule has 0 spiro atoms. The van der Waals surface area contributed by atoms with Gasteiger partial charge in [0.15, 0.2) is 0 Å². The van der Waals surface area contributed by atoms with Crippen molar-refractivity contribution in [1.82, 2.24) is 15.0 Å². The van der Waals surface area contributed by atoms with Crippen molar-refractivity contribution in [3.8, 4) is 0 Å². The topological polar surface area (TPSA) is 101 Å². The molecular weight excluding hydrogens is 290 g/mol. The predicted molar refractivity (Wildman–Crippen MR) is 91.1 cm³/mol. The molecule has 3 rings (SSSR count). The average molecular weight is 307 g/mol. The van der Waals surface area contributed by atoms with Gasteiger partial charge in [-0.15, -0.1) is 0 Å². The SMILES string of the molecule is NNc1cc(NCc2ccncc2)nc(Nc2ccccc2)n1. The number of hydrazine groups is 1. The molecule has 0 amide bonds. The maximum atomic E-state index is 5.48. The summed E-state index contributed by atoms with van der Waals surface area (Å²) in [6.07, 6.45) is 3.51. The third-order valence-corrected chi connectivity index (χ3v) is 3.13. The summed E-state index contributed by atoms with van der Waals surface area (Å²) in [5.74, 6) is 7.14. The van der Waals surface area contributed by atoms with E-state index >= 15 is 0 Å². The fraction of sp³-hybridized carbons (Fsp3) is 0.0625. The first kappa shape index (κ1) is 14.7. The van der Waals surface area contributed by atoms with Crippen LogP contribution in [0.3, 0.4) is 0 Å². The summed E-state index contributed by atoms with van der Waals surface area (Å²) in [6.45, 7) is 0.633. The number of hydrogen-bond acceptors (Lipinski definition) is 7. The molecule has 7 nitrogen and oxygen atoms in total. The molecule has 0 saturated carbocycles. The lowest BCUT2D eigenvalue weighted by Gasteiger charge is -2.11. The second-order valence-corrected chi connectivity index (χ2v) is 4.81. The lowest BCUT2D eigenvalue weighted by molar-refractivity contribution is 1.07. The van der Waals surface area contributed by atoms with E-state index in [1.165, 1.54) is 0 Å². The van der Waals surface area contributed by atoms with Gasteiger partial charge in [0, 0.05) is 30.7 Å². The molecule has 0 radical (unpaired) electrons. The maximum absolute atomic E-state index is 5.48. The van der Waals surface area contributed by atoms with Crippen LogP contribution in [-0.2, 0) is 6.54 Å². The van der Waals surface area contributed by atoms with E-state index in [-0.39, 0.29) is 0 Å². The third kappa shape index (κ3) is 4.14. The zero-order chi connectivity index (χ0) is 15.9. The summed E-state index contributed by atoms with van der Waals surface area (Å²) in [5, 5.41) is 6.40. The summed E-state index contributed by atoms with van der Waals surface area (Å²) in [4.78, 5) is 12.7. The Morgan fingerprint density at radius 1 is 0.913 bits per heavy atom. The molecule has 1 aromatic carbocycles. The Labute approximate surface area is 134 Å². The van der Waals surface area contributed by atoms with Crippen molar-refractivity contribution in [2.45, 2.75) is 6.54 Å². The first-order chi connectivity index (χ1) is 11.3. The van der Waals surface area contributed by atoms with Crippen LogP contribution in [0, 0.1) is 0 Å². The third-order valence-electron chi connectivity index (χ3n) is 3.13. The number of nitrogens with one attached hydrogen (secondary N) is 3. The second kappa shape index (κ2) is 7.19. The number of rotatable bonds is 6. The van der Waals surface area contributed by atoms with Gasteiger partial charge in [-0.3, -0.25) is 4.98 Å². The molecule has 0 saturated heterocycles. The number of nitrogens with two attached hydrogens (primary N) is 1. The molecule has 0 bridgehead atoms. The highest BCUT2D eigenvalue weighted by Gasteiger charge is 2.04. The van der Waals surface area contributed by atoms with E-state index in [2.05, 4.69) is 31.0 Å².